The molecule has 5 heteroatoms. The number of anilines is 1. The van der Waals surface area contributed by atoms with E-state index in [4.69, 9.17) is 23.8 Å². The molecule has 0 aliphatic heterocycles. The first-order valence-corrected chi connectivity index (χ1v) is 7.33. The van der Waals surface area contributed by atoms with E-state index in [1.54, 1.807) is 12.1 Å². The van der Waals surface area contributed by atoms with Crippen LogP contribution in [0.1, 0.15) is 24.1 Å². The molecule has 0 saturated carbocycles. The minimum Gasteiger partial charge on any atom is -0.356 e. The summed E-state index contributed by atoms with van der Waals surface area (Å²) in [6.07, 6.45) is 0. The number of aryl methyl sites for hydroxylation is 1. The molecule has 2 aromatic rings. The molecule has 0 aromatic heterocycles. The van der Waals surface area contributed by atoms with E-state index in [1.165, 1.54) is 12.1 Å². The Hall–Kier alpha value is -1.65. The normalized spacial score (nSPS) is 11.8. The number of benzene rings is 2. The van der Waals surface area contributed by atoms with Crippen molar-refractivity contribution >= 4 is 34.6 Å². The first-order valence-electron chi connectivity index (χ1n) is 6.55. The molecular weight excluding hydrogens is 307 g/mol. The Bertz CT molecular complexity index is 643. The van der Waals surface area contributed by atoms with E-state index < -0.39 is 0 Å². The second kappa shape index (κ2) is 6.87. The summed E-state index contributed by atoms with van der Waals surface area (Å²) in [6, 6.07) is 12.0. The first-order chi connectivity index (χ1) is 9.95. The molecule has 110 valence electrons. The Labute approximate surface area is 134 Å². The van der Waals surface area contributed by atoms with E-state index in [0.717, 1.165) is 16.8 Å². The van der Waals surface area contributed by atoms with Crippen LogP contribution < -0.4 is 10.6 Å². The van der Waals surface area contributed by atoms with E-state index in [2.05, 4.69) is 10.6 Å². The summed E-state index contributed by atoms with van der Waals surface area (Å²) in [5.74, 6) is -0.249. The SMILES string of the molecule is Cc1ccc(NC(=S)N[C@H](C)c2ccc(F)cc2)cc1Cl. The quantitative estimate of drug-likeness (QED) is 0.791. The molecule has 0 fully saturated rings. The van der Waals surface area contributed by atoms with Crippen LogP contribution in [0.2, 0.25) is 5.02 Å². The van der Waals surface area contributed by atoms with Gasteiger partial charge in [0, 0.05) is 10.7 Å². The third kappa shape index (κ3) is 4.41. The van der Waals surface area contributed by atoms with Gasteiger partial charge in [0.15, 0.2) is 5.11 Å². The van der Waals surface area contributed by atoms with Crippen LogP contribution in [0.25, 0.3) is 0 Å². The van der Waals surface area contributed by atoms with Gasteiger partial charge in [-0.25, -0.2) is 4.39 Å². The summed E-state index contributed by atoms with van der Waals surface area (Å²) >= 11 is 11.3. The lowest BCUT2D eigenvalue weighted by molar-refractivity contribution is 0.624. The van der Waals surface area contributed by atoms with Crippen LogP contribution in [0.5, 0.6) is 0 Å². The van der Waals surface area contributed by atoms with Crippen LogP contribution in [0, 0.1) is 12.7 Å². The van der Waals surface area contributed by atoms with Crippen molar-refractivity contribution in [2.75, 3.05) is 5.32 Å². The van der Waals surface area contributed by atoms with Gasteiger partial charge in [-0.15, -0.1) is 0 Å². The Kier molecular flexibility index (Phi) is 5.15. The Morgan fingerprint density at radius 2 is 1.86 bits per heavy atom. The minimum absolute atomic E-state index is 0.0217. The zero-order valence-electron chi connectivity index (χ0n) is 11.8. The highest BCUT2D eigenvalue weighted by Crippen LogP contribution is 2.20. The lowest BCUT2D eigenvalue weighted by Crippen LogP contribution is -2.30. The third-order valence-electron chi connectivity index (χ3n) is 3.15. The maximum Gasteiger partial charge on any atom is 0.171 e. The fraction of sp³-hybridized carbons (Fsp3) is 0.188. The van der Waals surface area contributed by atoms with Crippen molar-refractivity contribution in [2.24, 2.45) is 0 Å². The zero-order valence-corrected chi connectivity index (χ0v) is 13.4. The van der Waals surface area contributed by atoms with Gasteiger partial charge in [-0.05, 0) is 61.5 Å². The topological polar surface area (TPSA) is 24.1 Å². The molecule has 0 aliphatic carbocycles. The van der Waals surface area contributed by atoms with Crippen LogP contribution >= 0.6 is 23.8 Å². The van der Waals surface area contributed by atoms with Crippen molar-refractivity contribution in [3.8, 4) is 0 Å². The molecule has 0 bridgehead atoms. The number of thiocarbonyl (C=S) groups is 1. The predicted octanol–water partition coefficient (Wildman–Crippen LogP) is 4.84. The van der Waals surface area contributed by atoms with E-state index in [-0.39, 0.29) is 11.9 Å². The molecule has 0 spiro atoms. The molecule has 2 nitrogen and oxygen atoms in total. The summed E-state index contributed by atoms with van der Waals surface area (Å²) in [5.41, 5.74) is 2.80. The maximum absolute atomic E-state index is 12.9. The fourth-order valence-electron chi connectivity index (χ4n) is 1.87. The van der Waals surface area contributed by atoms with Crippen LogP contribution in [-0.4, -0.2) is 5.11 Å². The molecule has 0 heterocycles. The van der Waals surface area contributed by atoms with Gasteiger partial charge in [0.25, 0.3) is 0 Å². The van der Waals surface area contributed by atoms with Gasteiger partial charge in [0.2, 0.25) is 0 Å². The van der Waals surface area contributed by atoms with Gasteiger partial charge < -0.3 is 10.6 Å². The molecular formula is C16H16ClFN2S. The molecule has 2 N–H and O–H groups in total. The Morgan fingerprint density at radius 1 is 1.19 bits per heavy atom. The summed E-state index contributed by atoms with van der Waals surface area (Å²) in [6.45, 7) is 3.91. The summed E-state index contributed by atoms with van der Waals surface area (Å²) < 4.78 is 12.9. The molecule has 0 aliphatic rings. The van der Waals surface area contributed by atoms with Gasteiger partial charge in [0.1, 0.15) is 5.82 Å². The largest absolute Gasteiger partial charge is 0.356 e. The fourth-order valence-corrected chi connectivity index (χ4v) is 2.34. The average molecular weight is 323 g/mol. The lowest BCUT2D eigenvalue weighted by Gasteiger charge is -2.17. The maximum atomic E-state index is 12.9. The second-order valence-electron chi connectivity index (χ2n) is 4.84. The molecule has 21 heavy (non-hydrogen) atoms. The van der Waals surface area contributed by atoms with Gasteiger partial charge in [0.05, 0.1) is 6.04 Å². The number of nitrogens with one attached hydrogen (secondary N) is 2. The standard InChI is InChI=1S/C16H16ClFN2S/c1-10-3-8-14(9-15(10)17)20-16(21)19-11(2)12-4-6-13(18)7-5-12/h3-9,11H,1-2H3,(H2,19,20,21)/t11-/m1/s1. The highest BCUT2D eigenvalue weighted by molar-refractivity contribution is 7.80. The van der Waals surface area contributed by atoms with Crippen LogP contribution in [0.4, 0.5) is 10.1 Å². The number of hydrogen-bond donors (Lipinski definition) is 2. The highest BCUT2D eigenvalue weighted by Gasteiger charge is 2.07. The van der Waals surface area contributed by atoms with E-state index in [0.29, 0.717) is 10.1 Å². The third-order valence-corrected chi connectivity index (χ3v) is 3.77. The van der Waals surface area contributed by atoms with Gasteiger partial charge in [-0.1, -0.05) is 29.8 Å². The molecule has 2 rings (SSSR count). The van der Waals surface area contributed by atoms with Crippen LogP contribution in [-0.2, 0) is 0 Å². The van der Waals surface area contributed by atoms with Gasteiger partial charge >= 0.3 is 0 Å². The van der Waals surface area contributed by atoms with Gasteiger partial charge in [-0.2, -0.15) is 0 Å². The van der Waals surface area contributed by atoms with Crippen molar-refractivity contribution in [3.05, 3.63) is 64.4 Å². The zero-order chi connectivity index (χ0) is 15.4. The smallest absolute Gasteiger partial charge is 0.171 e. The summed E-state index contributed by atoms with van der Waals surface area (Å²) in [7, 11) is 0. The van der Waals surface area contributed by atoms with Crippen LogP contribution in [0.3, 0.4) is 0 Å². The predicted molar refractivity (Wildman–Crippen MR) is 90.4 cm³/mol. The minimum atomic E-state index is -0.249. The Morgan fingerprint density at radius 3 is 2.48 bits per heavy atom. The van der Waals surface area contributed by atoms with E-state index in [9.17, 15) is 4.39 Å². The van der Waals surface area contributed by atoms with E-state index in [1.807, 2.05) is 32.0 Å². The monoisotopic (exact) mass is 322 g/mol. The number of rotatable bonds is 3. The molecule has 0 amide bonds. The van der Waals surface area contributed by atoms with Crippen molar-refractivity contribution in [3.63, 3.8) is 0 Å². The van der Waals surface area contributed by atoms with Crippen molar-refractivity contribution < 1.29 is 4.39 Å². The van der Waals surface area contributed by atoms with Gasteiger partial charge in [-0.3, -0.25) is 0 Å². The molecule has 0 radical (unpaired) electrons. The Balaban J connectivity index is 1.97. The lowest BCUT2D eigenvalue weighted by atomic mass is 10.1. The number of halogens is 2. The molecule has 1 atom stereocenters. The average Bonchev–Trinajstić information content (AvgIpc) is 2.43. The number of hydrogen-bond acceptors (Lipinski definition) is 1. The highest BCUT2D eigenvalue weighted by atomic mass is 35.5. The molecule has 0 unspecified atom stereocenters. The summed E-state index contributed by atoms with van der Waals surface area (Å²) in [4.78, 5) is 0. The molecule has 2 aromatic carbocycles. The first kappa shape index (κ1) is 15.7. The second-order valence-corrected chi connectivity index (χ2v) is 5.65. The molecule has 0 saturated heterocycles. The van der Waals surface area contributed by atoms with Crippen molar-refractivity contribution in [2.45, 2.75) is 19.9 Å². The van der Waals surface area contributed by atoms with E-state index >= 15 is 0 Å². The van der Waals surface area contributed by atoms with Crippen molar-refractivity contribution in [1.82, 2.24) is 5.32 Å². The summed E-state index contributed by atoms with van der Waals surface area (Å²) in [5, 5.41) is 7.42. The van der Waals surface area contributed by atoms with Crippen LogP contribution in [0.15, 0.2) is 42.5 Å². The van der Waals surface area contributed by atoms with Crippen molar-refractivity contribution in [1.29, 1.82) is 0 Å².